The molecular weight excluding hydrogens is 576 g/mol. The second-order valence-corrected chi connectivity index (χ2v) is 14.4. The van der Waals surface area contributed by atoms with Gasteiger partial charge in [-0.3, -0.25) is 9.59 Å². The highest BCUT2D eigenvalue weighted by atomic mass is 79.9. The van der Waals surface area contributed by atoms with Crippen molar-refractivity contribution in [1.29, 1.82) is 0 Å². The lowest BCUT2D eigenvalue weighted by Crippen LogP contribution is -2.34. The van der Waals surface area contributed by atoms with Gasteiger partial charge in [-0.2, -0.15) is 0 Å². The van der Waals surface area contributed by atoms with Gasteiger partial charge >= 0.3 is 0 Å². The van der Waals surface area contributed by atoms with Crippen LogP contribution in [-0.2, 0) is 9.59 Å². The monoisotopic (exact) mass is 616 g/mol. The fraction of sp³-hybridized carbons (Fsp3) is 0.548. The molecule has 4 nitrogen and oxygen atoms in total. The van der Waals surface area contributed by atoms with Crippen LogP contribution in [0.3, 0.4) is 0 Å². The molecule has 2 aromatic heterocycles. The second kappa shape index (κ2) is 13.1. The Morgan fingerprint density at radius 3 is 1.58 bits per heavy atom. The number of unbranched alkanes of at least 4 members (excludes halogenated alkanes) is 2. The molecule has 2 unspecified atom stereocenters. The molecule has 2 aliphatic heterocycles. The normalized spacial score (nSPS) is 17.3. The molecule has 0 aromatic carbocycles. The van der Waals surface area contributed by atoms with Crippen LogP contribution in [0.2, 0.25) is 0 Å². The van der Waals surface area contributed by atoms with E-state index < -0.39 is 0 Å². The molecule has 0 N–H and O–H groups in total. The molecule has 0 saturated carbocycles. The number of aryl methyl sites for hydroxylation is 1. The summed E-state index contributed by atoms with van der Waals surface area (Å²) in [7, 11) is 0. The number of amides is 2. The minimum Gasteiger partial charge on any atom is -0.306 e. The summed E-state index contributed by atoms with van der Waals surface area (Å²) >= 11 is 6.89. The third-order valence-corrected chi connectivity index (χ3v) is 10.6. The summed E-state index contributed by atoms with van der Waals surface area (Å²) in [5, 5.41) is 0. The molecule has 4 rings (SSSR count). The van der Waals surface area contributed by atoms with Crippen LogP contribution in [0.5, 0.6) is 0 Å². The van der Waals surface area contributed by atoms with E-state index in [0.29, 0.717) is 36.1 Å². The molecule has 4 heterocycles. The van der Waals surface area contributed by atoms with Crippen LogP contribution in [0.15, 0.2) is 39.2 Å². The van der Waals surface area contributed by atoms with Crippen molar-refractivity contribution >= 4 is 61.8 Å². The Hall–Kier alpha value is -1.70. The number of hydrogen-bond donors (Lipinski definition) is 0. The fourth-order valence-electron chi connectivity index (χ4n) is 5.61. The van der Waals surface area contributed by atoms with Gasteiger partial charge < -0.3 is 9.80 Å². The molecule has 0 saturated heterocycles. The van der Waals surface area contributed by atoms with Crippen molar-refractivity contribution in [1.82, 2.24) is 9.80 Å². The molecule has 0 bridgehead atoms. The first kappa shape index (κ1) is 29.3. The van der Waals surface area contributed by atoms with Crippen LogP contribution in [0.25, 0.3) is 11.4 Å². The lowest BCUT2D eigenvalue weighted by molar-refractivity contribution is -0.124. The van der Waals surface area contributed by atoms with E-state index in [2.05, 4.69) is 62.7 Å². The van der Waals surface area contributed by atoms with Gasteiger partial charge in [-0.1, -0.05) is 66.2 Å². The van der Waals surface area contributed by atoms with Gasteiger partial charge in [0.1, 0.15) is 0 Å². The van der Waals surface area contributed by atoms with E-state index in [0.717, 1.165) is 76.3 Å². The molecule has 0 radical (unpaired) electrons. The molecule has 0 fully saturated rings. The van der Waals surface area contributed by atoms with Gasteiger partial charge in [0.05, 0.1) is 36.1 Å². The van der Waals surface area contributed by atoms with Crippen molar-refractivity contribution in [3.8, 4) is 0 Å². The molecule has 7 heteroatoms. The highest BCUT2D eigenvalue weighted by Crippen LogP contribution is 2.49. The largest absolute Gasteiger partial charge is 0.306 e. The Kier molecular flexibility index (Phi) is 10.1. The summed E-state index contributed by atoms with van der Waals surface area (Å²) in [6.07, 6.45) is 8.85. The van der Waals surface area contributed by atoms with E-state index >= 15 is 0 Å². The van der Waals surface area contributed by atoms with Crippen LogP contribution >= 0.6 is 38.6 Å². The molecule has 2 aliphatic rings. The number of nitrogens with zero attached hydrogens (tertiary/aromatic N) is 2. The zero-order chi connectivity index (χ0) is 27.4. The van der Waals surface area contributed by atoms with E-state index in [-0.39, 0.29) is 11.8 Å². The topological polar surface area (TPSA) is 40.6 Å². The van der Waals surface area contributed by atoms with Crippen LogP contribution in [-0.4, -0.2) is 34.7 Å². The average molecular weight is 618 g/mol. The SMILES string of the molecule is CCCCC(CC)CN1C(=O)C2=C(c3ccc(Br)s3)N(CC(CC)CCCC)C(=O)C2=C1c1ccc(C)s1. The number of fused-ring (bicyclic) bond motifs is 1. The smallest absolute Gasteiger partial charge is 0.261 e. The standard InChI is InChI=1S/C31H41BrN2O2S2/c1-6-10-12-21(8-3)18-33-28(23-15-14-20(5)37-23)26-27(31(33)36)29(24-16-17-25(32)38-24)34(30(26)35)19-22(9-4)13-11-7-2/h14-17,21-22H,6-13,18-19H2,1-5H3. The minimum atomic E-state index is -0.00650. The molecule has 2 atom stereocenters. The third kappa shape index (κ3) is 5.90. The molecule has 0 aliphatic carbocycles. The molecule has 206 valence electrons. The first-order valence-electron chi connectivity index (χ1n) is 14.3. The Bertz CT molecular complexity index is 1130. The van der Waals surface area contributed by atoms with Crippen molar-refractivity contribution in [2.75, 3.05) is 13.1 Å². The van der Waals surface area contributed by atoms with Gasteiger partial charge in [0.25, 0.3) is 11.8 Å². The van der Waals surface area contributed by atoms with Gasteiger partial charge in [-0.25, -0.2) is 0 Å². The molecule has 0 spiro atoms. The number of halogens is 1. The Balaban J connectivity index is 1.86. The summed E-state index contributed by atoms with van der Waals surface area (Å²) in [6, 6.07) is 8.25. The lowest BCUT2D eigenvalue weighted by Gasteiger charge is -2.29. The highest BCUT2D eigenvalue weighted by Gasteiger charge is 2.49. The number of thiophene rings is 2. The van der Waals surface area contributed by atoms with Gasteiger partial charge in [0, 0.05) is 18.0 Å². The summed E-state index contributed by atoms with van der Waals surface area (Å²) in [5.74, 6) is 0.814. The molecular formula is C31H41BrN2O2S2. The maximum Gasteiger partial charge on any atom is 0.261 e. The highest BCUT2D eigenvalue weighted by molar-refractivity contribution is 9.11. The van der Waals surface area contributed by atoms with Crippen LogP contribution in [0, 0.1) is 18.8 Å². The Morgan fingerprint density at radius 1 is 0.737 bits per heavy atom. The summed E-state index contributed by atoms with van der Waals surface area (Å²) in [6.45, 7) is 12.3. The second-order valence-electron chi connectivity index (χ2n) is 10.6. The number of hydrogen-bond acceptors (Lipinski definition) is 4. The van der Waals surface area contributed by atoms with Crippen molar-refractivity contribution in [3.63, 3.8) is 0 Å². The number of carbonyl (C=O) groups is 2. The maximum atomic E-state index is 14.4. The van der Waals surface area contributed by atoms with Gasteiger partial charge in [-0.05, 0) is 71.8 Å². The zero-order valence-electron chi connectivity index (χ0n) is 23.4. The fourth-order valence-corrected chi connectivity index (χ4v) is 7.99. The van der Waals surface area contributed by atoms with E-state index in [4.69, 9.17) is 0 Å². The number of carbonyl (C=O) groups excluding carboxylic acids is 2. The average Bonchev–Trinajstić information content (AvgIpc) is 3.66. The van der Waals surface area contributed by atoms with Gasteiger partial charge in [-0.15, -0.1) is 22.7 Å². The van der Waals surface area contributed by atoms with Crippen LogP contribution in [0.4, 0.5) is 0 Å². The third-order valence-electron chi connectivity index (χ3n) is 7.93. The van der Waals surface area contributed by atoms with E-state index in [1.54, 1.807) is 22.7 Å². The van der Waals surface area contributed by atoms with Crippen LogP contribution < -0.4 is 0 Å². The zero-order valence-corrected chi connectivity index (χ0v) is 26.7. The van der Waals surface area contributed by atoms with E-state index in [1.165, 1.54) is 4.88 Å². The van der Waals surface area contributed by atoms with Gasteiger partial charge in [0.15, 0.2) is 0 Å². The lowest BCUT2D eigenvalue weighted by atomic mass is 9.98. The van der Waals surface area contributed by atoms with Crippen molar-refractivity contribution < 1.29 is 9.59 Å². The first-order chi connectivity index (χ1) is 18.3. The minimum absolute atomic E-state index is 0.00650. The van der Waals surface area contributed by atoms with Crippen molar-refractivity contribution in [2.45, 2.75) is 86.0 Å². The van der Waals surface area contributed by atoms with Crippen molar-refractivity contribution in [3.05, 3.63) is 53.8 Å². The van der Waals surface area contributed by atoms with E-state index in [9.17, 15) is 9.59 Å². The molecule has 2 aromatic rings. The number of rotatable bonds is 14. The Labute approximate surface area is 244 Å². The molecule has 2 amide bonds. The van der Waals surface area contributed by atoms with Crippen molar-refractivity contribution in [2.24, 2.45) is 11.8 Å². The summed E-state index contributed by atoms with van der Waals surface area (Å²) < 4.78 is 1.01. The summed E-state index contributed by atoms with van der Waals surface area (Å²) in [4.78, 5) is 35.8. The Morgan fingerprint density at radius 2 is 1.21 bits per heavy atom. The predicted octanol–water partition coefficient (Wildman–Crippen LogP) is 9.12. The predicted molar refractivity (Wildman–Crippen MR) is 165 cm³/mol. The molecule has 38 heavy (non-hydrogen) atoms. The van der Waals surface area contributed by atoms with E-state index in [1.807, 2.05) is 21.9 Å². The summed E-state index contributed by atoms with van der Waals surface area (Å²) in [5.41, 5.74) is 2.88. The maximum absolute atomic E-state index is 14.4. The quantitative estimate of drug-likeness (QED) is 0.212. The van der Waals surface area contributed by atoms with Gasteiger partial charge in [0.2, 0.25) is 0 Å². The first-order valence-corrected chi connectivity index (χ1v) is 16.7. The van der Waals surface area contributed by atoms with Crippen LogP contribution in [0.1, 0.15) is 93.7 Å².